The van der Waals surface area contributed by atoms with Crippen molar-refractivity contribution in [2.24, 2.45) is 5.73 Å². The molecule has 2 amide bonds. The summed E-state index contributed by atoms with van der Waals surface area (Å²) in [5.74, 6) is -0.488. The first-order valence-corrected chi connectivity index (χ1v) is 6.27. The summed E-state index contributed by atoms with van der Waals surface area (Å²) < 4.78 is 0.792. The van der Waals surface area contributed by atoms with E-state index in [1.807, 2.05) is 6.92 Å². The average Bonchev–Trinajstić information content (AvgIpc) is 2.56. The SMILES string of the molecule is CCC(CN)N1C(=O)c2ccc(Br)cc2C1=O. The zero-order chi connectivity index (χ0) is 12.6. The minimum absolute atomic E-state index is 0.221. The molecule has 0 bridgehead atoms. The Morgan fingerprint density at radius 1 is 1.29 bits per heavy atom. The molecule has 0 aliphatic carbocycles. The predicted octanol–water partition coefficient (Wildman–Crippen LogP) is 1.78. The molecule has 90 valence electrons. The Morgan fingerprint density at radius 2 is 1.94 bits per heavy atom. The molecule has 2 rings (SSSR count). The van der Waals surface area contributed by atoms with Gasteiger partial charge in [-0.3, -0.25) is 14.5 Å². The van der Waals surface area contributed by atoms with E-state index in [1.54, 1.807) is 18.2 Å². The zero-order valence-corrected chi connectivity index (χ0v) is 11.0. The summed E-state index contributed by atoms with van der Waals surface area (Å²) in [6.07, 6.45) is 0.670. The first kappa shape index (κ1) is 12.3. The number of halogens is 1. The molecule has 1 aromatic carbocycles. The molecule has 2 N–H and O–H groups in total. The summed E-state index contributed by atoms with van der Waals surface area (Å²) in [7, 11) is 0. The fourth-order valence-corrected chi connectivity index (χ4v) is 2.38. The topological polar surface area (TPSA) is 63.4 Å². The third-order valence-electron chi connectivity index (χ3n) is 2.99. The normalized spacial score (nSPS) is 16.3. The Hall–Kier alpha value is -1.20. The zero-order valence-electron chi connectivity index (χ0n) is 9.44. The molecule has 0 radical (unpaired) electrons. The van der Waals surface area contributed by atoms with Crippen molar-refractivity contribution in [3.8, 4) is 0 Å². The summed E-state index contributed by atoms with van der Waals surface area (Å²) in [6, 6.07) is 4.89. The van der Waals surface area contributed by atoms with Gasteiger partial charge in [0.05, 0.1) is 17.2 Å². The second-order valence-electron chi connectivity index (χ2n) is 3.97. The Balaban J connectivity index is 2.45. The second kappa shape index (κ2) is 4.58. The Labute approximate surface area is 108 Å². The number of hydrogen-bond donors (Lipinski definition) is 1. The number of imide groups is 1. The maximum Gasteiger partial charge on any atom is 0.261 e. The van der Waals surface area contributed by atoms with E-state index in [9.17, 15) is 9.59 Å². The Morgan fingerprint density at radius 3 is 2.53 bits per heavy atom. The van der Waals surface area contributed by atoms with Gasteiger partial charge in [-0.05, 0) is 24.6 Å². The van der Waals surface area contributed by atoms with E-state index in [0.29, 0.717) is 24.1 Å². The highest BCUT2D eigenvalue weighted by atomic mass is 79.9. The molecule has 0 spiro atoms. The molecule has 17 heavy (non-hydrogen) atoms. The van der Waals surface area contributed by atoms with Crippen LogP contribution in [0.2, 0.25) is 0 Å². The molecule has 1 heterocycles. The minimum atomic E-state index is -0.247. The maximum absolute atomic E-state index is 12.1. The van der Waals surface area contributed by atoms with Crippen LogP contribution in [0.4, 0.5) is 0 Å². The molecule has 1 atom stereocenters. The van der Waals surface area contributed by atoms with E-state index in [2.05, 4.69) is 15.9 Å². The third kappa shape index (κ3) is 1.89. The number of nitrogens with two attached hydrogens (primary N) is 1. The van der Waals surface area contributed by atoms with Crippen molar-refractivity contribution in [3.63, 3.8) is 0 Å². The van der Waals surface area contributed by atoms with Gasteiger partial charge in [0.25, 0.3) is 11.8 Å². The van der Waals surface area contributed by atoms with E-state index in [4.69, 9.17) is 5.73 Å². The lowest BCUT2D eigenvalue weighted by Crippen LogP contribution is -2.43. The van der Waals surface area contributed by atoms with Crippen molar-refractivity contribution in [3.05, 3.63) is 33.8 Å². The maximum atomic E-state index is 12.1. The first-order chi connectivity index (χ1) is 8.10. The number of nitrogens with zero attached hydrogens (tertiary/aromatic N) is 1. The lowest BCUT2D eigenvalue weighted by Gasteiger charge is -2.23. The Bertz CT molecular complexity index is 483. The van der Waals surface area contributed by atoms with Gasteiger partial charge in [-0.25, -0.2) is 0 Å². The molecule has 0 saturated heterocycles. The number of carbonyl (C=O) groups is 2. The van der Waals surface area contributed by atoms with Crippen molar-refractivity contribution in [2.45, 2.75) is 19.4 Å². The van der Waals surface area contributed by atoms with Crippen LogP contribution in [0.1, 0.15) is 34.1 Å². The van der Waals surface area contributed by atoms with Crippen molar-refractivity contribution >= 4 is 27.7 Å². The molecule has 1 aliphatic rings. The van der Waals surface area contributed by atoms with Crippen molar-refractivity contribution in [1.82, 2.24) is 4.90 Å². The predicted molar refractivity (Wildman–Crippen MR) is 67.8 cm³/mol. The van der Waals surface area contributed by atoms with Gasteiger partial charge in [0.1, 0.15) is 0 Å². The molecule has 1 unspecified atom stereocenters. The van der Waals surface area contributed by atoms with Gasteiger partial charge in [-0.2, -0.15) is 0 Å². The molecule has 1 aromatic rings. The summed E-state index contributed by atoms with van der Waals surface area (Å²) in [6.45, 7) is 2.21. The molecule has 0 aromatic heterocycles. The number of benzene rings is 1. The van der Waals surface area contributed by atoms with Crippen LogP contribution >= 0.6 is 15.9 Å². The van der Waals surface area contributed by atoms with Crippen molar-refractivity contribution in [1.29, 1.82) is 0 Å². The molecular formula is C12H13BrN2O2. The summed E-state index contributed by atoms with van der Waals surface area (Å²) in [4.78, 5) is 25.5. The highest BCUT2D eigenvalue weighted by Gasteiger charge is 2.38. The van der Waals surface area contributed by atoms with Crippen LogP contribution in [0.3, 0.4) is 0 Å². The summed E-state index contributed by atoms with van der Waals surface area (Å²) >= 11 is 3.30. The lowest BCUT2D eigenvalue weighted by molar-refractivity contribution is 0.0585. The highest BCUT2D eigenvalue weighted by Crippen LogP contribution is 2.27. The van der Waals surface area contributed by atoms with Crippen LogP contribution in [0.25, 0.3) is 0 Å². The summed E-state index contributed by atoms with van der Waals surface area (Å²) in [5, 5.41) is 0. The smallest absolute Gasteiger partial charge is 0.261 e. The molecule has 1 aliphatic heterocycles. The quantitative estimate of drug-likeness (QED) is 0.865. The summed E-state index contributed by atoms with van der Waals surface area (Å²) in [5.41, 5.74) is 6.51. The second-order valence-corrected chi connectivity index (χ2v) is 4.88. The van der Waals surface area contributed by atoms with Crippen LogP contribution < -0.4 is 5.73 Å². The van der Waals surface area contributed by atoms with Gasteiger partial charge in [-0.1, -0.05) is 22.9 Å². The molecule has 0 saturated carbocycles. The van der Waals surface area contributed by atoms with Gasteiger partial charge in [0.2, 0.25) is 0 Å². The first-order valence-electron chi connectivity index (χ1n) is 5.47. The van der Waals surface area contributed by atoms with E-state index in [-0.39, 0.29) is 17.9 Å². The van der Waals surface area contributed by atoms with Gasteiger partial charge in [-0.15, -0.1) is 0 Å². The number of hydrogen-bond acceptors (Lipinski definition) is 3. The number of amides is 2. The fraction of sp³-hybridized carbons (Fsp3) is 0.333. The van der Waals surface area contributed by atoms with E-state index < -0.39 is 0 Å². The average molecular weight is 297 g/mol. The minimum Gasteiger partial charge on any atom is -0.328 e. The fourth-order valence-electron chi connectivity index (χ4n) is 2.02. The number of carbonyl (C=O) groups excluding carboxylic acids is 2. The van der Waals surface area contributed by atoms with E-state index >= 15 is 0 Å². The van der Waals surface area contributed by atoms with Gasteiger partial charge in [0, 0.05) is 11.0 Å². The standard InChI is InChI=1S/C12H13BrN2O2/c1-2-8(6-14)15-11(16)9-4-3-7(13)5-10(9)12(15)17/h3-5,8H,2,6,14H2,1H3. The number of rotatable bonds is 3. The van der Waals surface area contributed by atoms with Gasteiger partial charge in [0.15, 0.2) is 0 Å². The van der Waals surface area contributed by atoms with E-state index in [1.165, 1.54) is 4.90 Å². The van der Waals surface area contributed by atoms with Crippen LogP contribution in [-0.4, -0.2) is 29.3 Å². The number of fused-ring (bicyclic) bond motifs is 1. The van der Waals surface area contributed by atoms with Crippen molar-refractivity contribution in [2.75, 3.05) is 6.54 Å². The molecule has 0 fully saturated rings. The molecular weight excluding hydrogens is 284 g/mol. The largest absolute Gasteiger partial charge is 0.328 e. The van der Waals surface area contributed by atoms with Crippen LogP contribution in [0.5, 0.6) is 0 Å². The van der Waals surface area contributed by atoms with Crippen molar-refractivity contribution < 1.29 is 9.59 Å². The van der Waals surface area contributed by atoms with Crippen LogP contribution in [-0.2, 0) is 0 Å². The van der Waals surface area contributed by atoms with Gasteiger partial charge >= 0.3 is 0 Å². The van der Waals surface area contributed by atoms with Gasteiger partial charge < -0.3 is 5.73 Å². The lowest BCUT2D eigenvalue weighted by atomic mass is 10.1. The Kier molecular flexibility index (Phi) is 3.31. The monoisotopic (exact) mass is 296 g/mol. The molecule has 4 nitrogen and oxygen atoms in total. The van der Waals surface area contributed by atoms with Crippen LogP contribution in [0, 0.1) is 0 Å². The highest BCUT2D eigenvalue weighted by molar-refractivity contribution is 9.10. The van der Waals surface area contributed by atoms with Crippen LogP contribution in [0.15, 0.2) is 22.7 Å². The van der Waals surface area contributed by atoms with E-state index in [0.717, 1.165) is 4.47 Å². The third-order valence-corrected chi connectivity index (χ3v) is 3.48. The molecule has 5 heteroatoms.